The van der Waals surface area contributed by atoms with Gasteiger partial charge in [-0.15, -0.1) is 0 Å². The quantitative estimate of drug-likeness (QED) is 0.691. The molecule has 0 bridgehead atoms. The van der Waals surface area contributed by atoms with Gasteiger partial charge in [-0.3, -0.25) is 4.79 Å². The number of aromatic nitrogens is 1. The predicted molar refractivity (Wildman–Crippen MR) is 86.1 cm³/mol. The zero-order valence-corrected chi connectivity index (χ0v) is 13.1. The van der Waals surface area contributed by atoms with E-state index in [4.69, 9.17) is 9.15 Å². The van der Waals surface area contributed by atoms with Crippen LogP contribution in [-0.4, -0.2) is 18.1 Å². The average Bonchev–Trinajstić information content (AvgIpc) is 2.60. The molecule has 6 heteroatoms. The maximum absolute atomic E-state index is 13.0. The van der Waals surface area contributed by atoms with Crippen molar-refractivity contribution in [3.8, 4) is 11.3 Å². The van der Waals surface area contributed by atoms with Gasteiger partial charge in [0.15, 0.2) is 11.3 Å². The number of fused-ring (bicyclic) bond motifs is 1. The Morgan fingerprint density at radius 2 is 1.92 bits per heavy atom. The molecule has 1 atom stereocenters. The van der Waals surface area contributed by atoms with Crippen molar-refractivity contribution in [2.75, 3.05) is 7.11 Å². The highest BCUT2D eigenvalue weighted by Crippen LogP contribution is 2.23. The number of halogens is 1. The Hall–Kier alpha value is -3.02. The van der Waals surface area contributed by atoms with Gasteiger partial charge < -0.3 is 9.15 Å². The van der Waals surface area contributed by atoms with Gasteiger partial charge in [-0.25, -0.2) is 14.2 Å². The molecule has 0 spiro atoms. The molecule has 2 aromatic carbocycles. The molecular formula is C18H14FNO4. The van der Waals surface area contributed by atoms with Crippen molar-refractivity contribution in [2.45, 2.75) is 12.8 Å². The lowest BCUT2D eigenvalue weighted by Gasteiger charge is -2.10. The molecule has 1 heterocycles. The van der Waals surface area contributed by atoms with Crippen LogP contribution in [0.4, 0.5) is 4.39 Å². The lowest BCUT2D eigenvalue weighted by molar-refractivity contribution is -0.141. The number of nitrogens with zero attached hydrogens (tertiary/aromatic N) is 1. The molecule has 0 aliphatic rings. The van der Waals surface area contributed by atoms with Crippen LogP contribution in [0, 0.1) is 5.82 Å². The topological polar surface area (TPSA) is 69.4 Å². The molecule has 122 valence electrons. The van der Waals surface area contributed by atoms with Gasteiger partial charge in [-0.05, 0) is 48.9 Å². The third-order valence-corrected chi connectivity index (χ3v) is 3.78. The summed E-state index contributed by atoms with van der Waals surface area (Å²) in [6, 6.07) is 10.4. The van der Waals surface area contributed by atoms with Gasteiger partial charge in [0.25, 0.3) is 0 Å². The first-order valence-corrected chi connectivity index (χ1v) is 7.28. The van der Waals surface area contributed by atoms with E-state index in [1.165, 1.54) is 31.4 Å². The van der Waals surface area contributed by atoms with Gasteiger partial charge in [-0.1, -0.05) is 6.07 Å². The Morgan fingerprint density at radius 1 is 1.21 bits per heavy atom. The van der Waals surface area contributed by atoms with Gasteiger partial charge in [-0.2, -0.15) is 0 Å². The van der Waals surface area contributed by atoms with Gasteiger partial charge >= 0.3 is 11.6 Å². The summed E-state index contributed by atoms with van der Waals surface area (Å²) >= 11 is 0. The van der Waals surface area contributed by atoms with Crippen molar-refractivity contribution in [3.05, 3.63) is 64.3 Å². The maximum atomic E-state index is 13.0. The third kappa shape index (κ3) is 2.90. The van der Waals surface area contributed by atoms with Crippen LogP contribution in [0.1, 0.15) is 18.4 Å². The Bertz CT molecular complexity index is 963. The number of carbonyl (C=O) groups excluding carboxylic acids is 1. The predicted octanol–water partition coefficient (Wildman–Crippen LogP) is 3.27. The van der Waals surface area contributed by atoms with Gasteiger partial charge in [0.05, 0.1) is 13.0 Å². The molecule has 0 saturated heterocycles. The summed E-state index contributed by atoms with van der Waals surface area (Å²) in [4.78, 5) is 28.1. The standard InChI is InChI=1S/C18H14FNO4/c1-10(17(21)23-2)12-5-8-15-14(9-12)20-16(18(22)24-15)11-3-6-13(19)7-4-11/h3-10H,1-2H3. The van der Waals surface area contributed by atoms with Gasteiger partial charge in [0.1, 0.15) is 11.3 Å². The summed E-state index contributed by atoms with van der Waals surface area (Å²) in [5, 5.41) is 0. The second-order valence-corrected chi connectivity index (χ2v) is 5.33. The number of methoxy groups -OCH3 is 1. The first-order valence-electron chi connectivity index (χ1n) is 7.28. The van der Waals surface area contributed by atoms with E-state index >= 15 is 0 Å². The second kappa shape index (κ2) is 6.23. The molecule has 0 fully saturated rings. The highest BCUT2D eigenvalue weighted by atomic mass is 19.1. The fourth-order valence-electron chi connectivity index (χ4n) is 2.39. The van der Waals surface area contributed by atoms with Crippen molar-refractivity contribution < 1.29 is 18.3 Å². The van der Waals surface area contributed by atoms with Gasteiger partial charge in [0.2, 0.25) is 0 Å². The summed E-state index contributed by atoms with van der Waals surface area (Å²) in [6.45, 7) is 1.72. The molecule has 3 rings (SSSR count). The minimum absolute atomic E-state index is 0.0883. The zero-order chi connectivity index (χ0) is 17.3. The maximum Gasteiger partial charge on any atom is 0.363 e. The Labute approximate surface area is 136 Å². The van der Waals surface area contributed by atoms with E-state index in [-0.39, 0.29) is 11.7 Å². The Morgan fingerprint density at radius 3 is 2.58 bits per heavy atom. The van der Waals surface area contributed by atoms with Gasteiger partial charge in [0, 0.05) is 5.56 Å². The number of rotatable bonds is 3. The number of hydrogen-bond donors (Lipinski definition) is 0. The largest absolute Gasteiger partial charge is 0.469 e. The third-order valence-electron chi connectivity index (χ3n) is 3.78. The first-order chi connectivity index (χ1) is 11.5. The van der Waals surface area contributed by atoms with E-state index in [0.717, 1.165) is 0 Å². The van der Waals surface area contributed by atoms with Crippen molar-refractivity contribution in [2.24, 2.45) is 0 Å². The molecule has 5 nitrogen and oxygen atoms in total. The normalized spacial score (nSPS) is 12.1. The number of benzene rings is 2. The fourth-order valence-corrected chi connectivity index (χ4v) is 2.39. The van der Waals surface area contributed by atoms with E-state index in [2.05, 4.69) is 4.98 Å². The molecule has 0 saturated carbocycles. The van der Waals surface area contributed by atoms with E-state index in [1.807, 2.05) is 0 Å². The van der Waals surface area contributed by atoms with Crippen LogP contribution in [0.25, 0.3) is 22.4 Å². The van der Waals surface area contributed by atoms with Crippen LogP contribution in [-0.2, 0) is 9.53 Å². The van der Waals surface area contributed by atoms with Crippen molar-refractivity contribution in [3.63, 3.8) is 0 Å². The Balaban J connectivity index is 2.12. The molecule has 24 heavy (non-hydrogen) atoms. The van der Waals surface area contributed by atoms with E-state index in [1.54, 1.807) is 25.1 Å². The summed E-state index contributed by atoms with van der Waals surface area (Å²) in [6.07, 6.45) is 0. The number of ether oxygens (including phenoxy) is 1. The van der Waals surface area contributed by atoms with Crippen LogP contribution in [0.2, 0.25) is 0 Å². The molecule has 0 aliphatic carbocycles. The molecule has 0 amide bonds. The molecule has 0 aliphatic heterocycles. The second-order valence-electron chi connectivity index (χ2n) is 5.33. The molecule has 0 N–H and O–H groups in total. The highest BCUT2D eigenvalue weighted by molar-refractivity contribution is 5.81. The van der Waals surface area contributed by atoms with Crippen LogP contribution in [0.3, 0.4) is 0 Å². The van der Waals surface area contributed by atoms with Crippen LogP contribution < -0.4 is 5.63 Å². The number of carbonyl (C=O) groups is 1. The Kier molecular flexibility index (Phi) is 4.12. The van der Waals surface area contributed by atoms with Crippen molar-refractivity contribution in [1.29, 1.82) is 0 Å². The summed E-state index contributed by atoms with van der Waals surface area (Å²) in [5.74, 6) is -1.24. The summed E-state index contributed by atoms with van der Waals surface area (Å²) < 4.78 is 23.0. The lowest BCUT2D eigenvalue weighted by atomic mass is 10.0. The number of esters is 1. The first kappa shape index (κ1) is 15.9. The monoisotopic (exact) mass is 327 g/mol. The van der Waals surface area contributed by atoms with Crippen LogP contribution in [0.15, 0.2) is 51.7 Å². The molecular weight excluding hydrogens is 313 g/mol. The summed E-state index contributed by atoms with van der Waals surface area (Å²) in [5.41, 5.74) is 1.38. The van der Waals surface area contributed by atoms with Crippen molar-refractivity contribution in [1.82, 2.24) is 4.98 Å². The van der Waals surface area contributed by atoms with E-state index < -0.39 is 17.4 Å². The minimum atomic E-state index is -0.608. The fraction of sp³-hybridized carbons (Fsp3) is 0.167. The van der Waals surface area contributed by atoms with E-state index in [9.17, 15) is 14.0 Å². The summed E-state index contributed by atoms with van der Waals surface area (Å²) in [7, 11) is 1.32. The minimum Gasteiger partial charge on any atom is -0.469 e. The molecule has 1 unspecified atom stereocenters. The van der Waals surface area contributed by atoms with E-state index in [0.29, 0.717) is 22.2 Å². The zero-order valence-electron chi connectivity index (χ0n) is 13.1. The van der Waals surface area contributed by atoms with Crippen LogP contribution >= 0.6 is 0 Å². The molecule has 0 radical (unpaired) electrons. The average molecular weight is 327 g/mol. The van der Waals surface area contributed by atoms with Crippen molar-refractivity contribution >= 4 is 17.1 Å². The molecule has 3 aromatic rings. The SMILES string of the molecule is COC(=O)C(C)c1ccc2oc(=O)c(-c3ccc(F)cc3)nc2c1. The smallest absolute Gasteiger partial charge is 0.363 e. The number of hydrogen-bond acceptors (Lipinski definition) is 5. The van der Waals surface area contributed by atoms with Crippen LogP contribution in [0.5, 0.6) is 0 Å². The molecule has 1 aromatic heterocycles. The lowest BCUT2D eigenvalue weighted by Crippen LogP contribution is -2.11. The highest BCUT2D eigenvalue weighted by Gasteiger charge is 2.17.